The highest BCUT2D eigenvalue weighted by atomic mass is 16.5. The molecule has 0 spiro atoms. The molecule has 0 saturated carbocycles. The van der Waals surface area contributed by atoms with E-state index in [0.29, 0.717) is 19.0 Å². The monoisotopic (exact) mass is 288 g/mol. The van der Waals surface area contributed by atoms with Gasteiger partial charge in [0.25, 0.3) is 0 Å². The maximum absolute atomic E-state index is 10.6. The van der Waals surface area contributed by atoms with Gasteiger partial charge in [-0.05, 0) is 24.1 Å². The zero-order valence-corrected chi connectivity index (χ0v) is 12.2. The number of rotatable bonds is 4. The minimum absolute atomic E-state index is 0.639. The Kier molecular flexibility index (Phi) is 4.10. The van der Waals surface area contributed by atoms with Gasteiger partial charge in [-0.1, -0.05) is 13.0 Å². The van der Waals surface area contributed by atoms with Crippen molar-refractivity contribution in [3.63, 3.8) is 0 Å². The number of ether oxygens (including phenoxy) is 2. The van der Waals surface area contributed by atoms with Crippen molar-refractivity contribution < 1.29 is 14.6 Å². The number of hydrogen-bond donors (Lipinski definition) is 1. The van der Waals surface area contributed by atoms with Crippen LogP contribution in [0.3, 0.4) is 0 Å². The topological polar surface area (TPSA) is 56.5 Å². The molecule has 1 aromatic carbocycles. The molecule has 21 heavy (non-hydrogen) atoms. The lowest BCUT2D eigenvalue weighted by Gasteiger charge is -2.15. The van der Waals surface area contributed by atoms with E-state index in [1.165, 1.54) is 0 Å². The molecular weight excluding hydrogens is 268 g/mol. The molecule has 0 fully saturated rings. The summed E-state index contributed by atoms with van der Waals surface area (Å²) in [4.78, 5) is 4.14. The van der Waals surface area contributed by atoms with Crippen LogP contribution in [0, 0.1) is 0 Å². The van der Waals surface area contributed by atoms with Crippen LogP contribution in [0.15, 0.2) is 30.7 Å². The lowest BCUT2D eigenvalue weighted by Crippen LogP contribution is -2.08. The third-order valence-corrected chi connectivity index (χ3v) is 3.58. The molecule has 0 saturated heterocycles. The maximum Gasteiger partial charge on any atom is 0.161 e. The van der Waals surface area contributed by atoms with Crippen LogP contribution in [0.25, 0.3) is 0 Å². The Balaban J connectivity index is 1.89. The van der Waals surface area contributed by atoms with E-state index >= 15 is 0 Å². The van der Waals surface area contributed by atoms with E-state index in [1.54, 1.807) is 12.5 Å². The van der Waals surface area contributed by atoms with Crippen LogP contribution in [-0.2, 0) is 6.54 Å². The number of imidazole rings is 1. The third-order valence-electron chi connectivity index (χ3n) is 3.58. The molecule has 3 rings (SSSR count). The minimum atomic E-state index is -0.712. The van der Waals surface area contributed by atoms with E-state index in [0.717, 1.165) is 36.4 Å². The average Bonchev–Trinajstić information content (AvgIpc) is 2.82. The molecule has 0 aliphatic carbocycles. The second kappa shape index (κ2) is 6.18. The van der Waals surface area contributed by atoms with Crippen molar-refractivity contribution in [2.75, 3.05) is 13.2 Å². The molecule has 0 bridgehead atoms. The van der Waals surface area contributed by atoms with Crippen molar-refractivity contribution in [3.8, 4) is 11.5 Å². The fourth-order valence-corrected chi connectivity index (χ4v) is 2.51. The van der Waals surface area contributed by atoms with Gasteiger partial charge < -0.3 is 19.1 Å². The molecule has 0 amide bonds. The fourth-order valence-electron chi connectivity index (χ4n) is 2.51. The molecule has 1 atom stereocenters. The largest absolute Gasteiger partial charge is 0.490 e. The normalized spacial score (nSPS) is 15.5. The minimum Gasteiger partial charge on any atom is -0.490 e. The van der Waals surface area contributed by atoms with Crippen LogP contribution in [0.5, 0.6) is 11.5 Å². The van der Waals surface area contributed by atoms with E-state index in [4.69, 9.17) is 9.47 Å². The quantitative estimate of drug-likeness (QED) is 0.939. The second-order valence-corrected chi connectivity index (χ2v) is 5.17. The van der Waals surface area contributed by atoms with E-state index < -0.39 is 6.10 Å². The van der Waals surface area contributed by atoms with Gasteiger partial charge in [-0.3, -0.25) is 0 Å². The molecule has 1 aliphatic rings. The molecule has 1 aromatic heterocycles. The van der Waals surface area contributed by atoms with Gasteiger partial charge in [0.2, 0.25) is 0 Å². The van der Waals surface area contributed by atoms with Crippen LogP contribution in [-0.4, -0.2) is 27.9 Å². The van der Waals surface area contributed by atoms with Gasteiger partial charge >= 0.3 is 0 Å². The predicted octanol–water partition coefficient (Wildman–Crippen LogP) is 2.54. The summed E-state index contributed by atoms with van der Waals surface area (Å²) in [6, 6.07) is 5.59. The molecule has 1 aliphatic heterocycles. The van der Waals surface area contributed by atoms with E-state index in [-0.39, 0.29) is 0 Å². The van der Waals surface area contributed by atoms with E-state index in [1.807, 2.05) is 22.8 Å². The Labute approximate surface area is 124 Å². The van der Waals surface area contributed by atoms with Crippen LogP contribution < -0.4 is 9.47 Å². The first-order valence-electron chi connectivity index (χ1n) is 7.37. The number of benzene rings is 1. The van der Waals surface area contributed by atoms with E-state index in [9.17, 15) is 5.11 Å². The Morgan fingerprint density at radius 3 is 2.90 bits per heavy atom. The second-order valence-electron chi connectivity index (χ2n) is 5.17. The standard InChI is InChI=1S/C16H20N2O3/c1-2-6-18-11-17-10-13(18)16(19)12-4-5-14-15(9-12)21-8-3-7-20-14/h4-5,9-11,16,19H,2-3,6-8H2,1H3. The number of hydrogen-bond acceptors (Lipinski definition) is 4. The Hall–Kier alpha value is -2.01. The maximum atomic E-state index is 10.6. The lowest BCUT2D eigenvalue weighted by atomic mass is 10.1. The van der Waals surface area contributed by atoms with Crippen molar-refractivity contribution >= 4 is 0 Å². The molecule has 1 N–H and O–H groups in total. The summed E-state index contributed by atoms with van der Waals surface area (Å²) in [6.45, 7) is 4.25. The molecule has 1 unspecified atom stereocenters. The van der Waals surface area contributed by atoms with Gasteiger partial charge in [0, 0.05) is 13.0 Å². The van der Waals surface area contributed by atoms with Crippen molar-refractivity contribution in [1.82, 2.24) is 9.55 Å². The molecule has 5 nitrogen and oxygen atoms in total. The summed E-state index contributed by atoms with van der Waals surface area (Å²) in [7, 11) is 0. The smallest absolute Gasteiger partial charge is 0.161 e. The SMILES string of the molecule is CCCn1cncc1C(O)c1ccc2c(c1)OCCCO2. The van der Waals surface area contributed by atoms with Crippen molar-refractivity contribution in [2.45, 2.75) is 32.4 Å². The van der Waals surface area contributed by atoms with Gasteiger partial charge in [-0.2, -0.15) is 0 Å². The number of aryl methyl sites for hydroxylation is 1. The van der Waals surface area contributed by atoms with Crippen LogP contribution in [0.4, 0.5) is 0 Å². The molecule has 5 heteroatoms. The average molecular weight is 288 g/mol. The predicted molar refractivity (Wildman–Crippen MR) is 78.6 cm³/mol. The Bertz CT molecular complexity index is 609. The highest BCUT2D eigenvalue weighted by molar-refractivity contribution is 5.45. The first kappa shape index (κ1) is 13.9. The number of aromatic nitrogens is 2. The summed E-state index contributed by atoms with van der Waals surface area (Å²) < 4.78 is 13.3. The zero-order chi connectivity index (χ0) is 14.7. The summed E-state index contributed by atoms with van der Waals surface area (Å²) in [5, 5.41) is 10.6. The summed E-state index contributed by atoms with van der Waals surface area (Å²) in [5.41, 5.74) is 1.59. The number of nitrogens with zero attached hydrogens (tertiary/aromatic N) is 2. The van der Waals surface area contributed by atoms with Crippen LogP contribution in [0.2, 0.25) is 0 Å². The zero-order valence-electron chi connectivity index (χ0n) is 12.2. The Morgan fingerprint density at radius 1 is 1.29 bits per heavy atom. The molecule has 0 radical (unpaired) electrons. The molecule has 112 valence electrons. The first-order valence-corrected chi connectivity index (χ1v) is 7.37. The summed E-state index contributed by atoms with van der Waals surface area (Å²) in [5.74, 6) is 1.44. The fraction of sp³-hybridized carbons (Fsp3) is 0.438. The summed E-state index contributed by atoms with van der Waals surface area (Å²) >= 11 is 0. The third kappa shape index (κ3) is 2.88. The molecule has 2 aromatic rings. The van der Waals surface area contributed by atoms with Crippen molar-refractivity contribution in [2.24, 2.45) is 0 Å². The number of aliphatic hydroxyl groups is 1. The van der Waals surface area contributed by atoms with Crippen molar-refractivity contribution in [3.05, 3.63) is 42.0 Å². The number of fused-ring (bicyclic) bond motifs is 1. The molecule has 2 heterocycles. The van der Waals surface area contributed by atoms with Gasteiger partial charge in [-0.25, -0.2) is 4.98 Å². The van der Waals surface area contributed by atoms with E-state index in [2.05, 4.69) is 11.9 Å². The Morgan fingerprint density at radius 2 is 2.10 bits per heavy atom. The number of aliphatic hydroxyl groups excluding tert-OH is 1. The highest BCUT2D eigenvalue weighted by Crippen LogP contribution is 2.33. The van der Waals surface area contributed by atoms with Crippen LogP contribution in [0.1, 0.15) is 37.1 Å². The van der Waals surface area contributed by atoms with Gasteiger partial charge in [-0.15, -0.1) is 0 Å². The lowest BCUT2D eigenvalue weighted by molar-refractivity contribution is 0.209. The summed E-state index contributed by atoms with van der Waals surface area (Å²) in [6.07, 6.45) is 4.62. The highest BCUT2D eigenvalue weighted by Gasteiger charge is 2.18. The molecular formula is C16H20N2O3. The van der Waals surface area contributed by atoms with Crippen molar-refractivity contribution in [1.29, 1.82) is 0 Å². The van der Waals surface area contributed by atoms with Crippen LogP contribution >= 0.6 is 0 Å². The van der Waals surface area contributed by atoms with Gasteiger partial charge in [0.15, 0.2) is 11.5 Å². The van der Waals surface area contributed by atoms with Gasteiger partial charge in [0.1, 0.15) is 6.10 Å². The first-order chi connectivity index (χ1) is 10.3. The van der Waals surface area contributed by atoms with Gasteiger partial charge in [0.05, 0.1) is 31.4 Å².